The van der Waals surface area contributed by atoms with Gasteiger partial charge in [0.15, 0.2) is 0 Å². The first-order valence-corrected chi connectivity index (χ1v) is 15.8. The standard InChI is InChI=1S/C39H35Br/c1-24-17-26-19-25(2)39(32(18-24)20-26)37-23-31(29-9-5-8-28(21-29)30-10-6-11-33(40)22-30)14-15-35(37)36-16-13-27-7-3-4-12-34(27)38(36)39/h3-16,21-26,32H,17-20H2,1-2H3. The van der Waals surface area contributed by atoms with Crippen LogP contribution < -0.4 is 0 Å². The summed E-state index contributed by atoms with van der Waals surface area (Å²) < 4.78 is 1.12. The number of hydrogen-bond donors (Lipinski definition) is 0. The molecule has 198 valence electrons. The molecule has 0 aliphatic heterocycles. The van der Waals surface area contributed by atoms with Crippen LogP contribution in [0.25, 0.3) is 44.2 Å². The summed E-state index contributed by atoms with van der Waals surface area (Å²) in [5.41, 5.74) is 11.4. The first kappa shape index (κ1) is 24.6. The summed E-state index contributed by atoms with van der Waals surface area (Å²) >= 11 is 3.66. The largest absolute Gasteiger partial charge is 0.0625 e. The van der Waals surface area contributed by atoms with Crippen LogP contribution in [0.2, 0.25) is 0 Å². The van der Waals surface area contributed by atoms with Crippen molar-refractivity contribution < 1.29 is 0 Å². The summed E-state index contributed by atoms with van der Waals surface area (Å²) in [6.45, 7) is 5.09. The van der Waals surface area contributed by atoms with E-state index in [0.29, 0.717) is 11.8 Å². The average Bonchev–Trinajstić information content (AvgIpc) is 3.27. The van der Waals surface area contributed by atoms with Gasteiger partial charge in [-0.25, -0.2) is 0 Å². The predicted molar refractivity (Wildman–Crippen MR) is 173 cm³/mol. The zero-order valence-electron chi connectivity index (χ0n) is 23.3. The Hall–Kier alpha value is -3.16. The van der Waals surface area contributed by atoms with Crippen molar-refractivity contribution in [3.63, 3.8) is 0 Å². The Morgan fingerprint density at radius 1 is 0.625 bits per heavy atom. The Morgan fingerprint density at radius 2 is 1.35 bits per heavy atom. The topological polar surface area (TPSA) is 0 Å². The van der Waals surface area contributed by atoms with Gasteiger partial charge in [0.25, 0.3) is 0 Å². The molecule has 5 unspecified atom stereocenters. The summed E-state index contributed by atoms with van der Waals surface area (Å²) in [7, 11) is 0. The lowest BCUT2D eigenvalue weighted by Crippen LogP contribution is -2.49. The lowest BCUT2D eigenvalue weighted by molar-refractivity contribution is 0.0433. The van der Waals surface area contributed by atoms with Gasteiger partial charge in [-0.1, -0.05) is 109 Å². The maximum atomic E-state index is 3.66. The van der Waals surface area contributed by atoms with E-state index in [-0.39, 0.29) is 5.41 Å². The third-order valence-electron chi connectivity index (χ3n) is 10.6. The van der Waals surface area contributed by atoms with Crippen LogP contribution in [0.3, 0.4) is 0 Å². The van der Waals surface area contributed by atoms with Gasteiger partial charge in [-0.15, -0.1) is 0 Å². The van der Waals surface area contributed by atoms with E-state index in [1.165, 1.54) is 69.8 Å². The normalized spacial score (nSPS) is 26.6. The summed E-state index contributed by atoms with van der Waals surface area (Å²) in [4.78, 5) is 0. The maximum absolute atomic E-state index is 3.66. The highest BCUT2D eigenvalue weighted by Gasteiger charge is 2.57. The summed E-state index contributed by atoms with van der Waals surface area (Å²) in [6, 6.07) is 39.1. The van der Waals surface area contributed by atoms with Crippen LogP contribution in [-0.2, 0) is 5.41 Å². The first-order valence-electron chi connectivity index (χ1n) is 15.1. The molecule has 3 aliphatic carbocycles. The van der Waals surface area contributed by atoms with Gasteiger partial charge in [0.1, 0.15) is 0 Å². The van der Waals surface area contributed by atoms with Gasteiger partial charge in [-0.3, -0.25) is 0 Å². The molecule has 0 N–H and O–H groups in total. The predicted octanol–water partition coefficient (Wildman–Crippen LogP) is 11.3. The summed E-state index contributed by atoms with van der Waals surface area (Å²) in [5, 5.41) is 2.85. The van der Waals surface area contributed by atoms with Crippen LogP contribution in [0, 0.1) is 23.7 Å². The van der Waals surface area contributed by atoms with Crippen molar-refractivity contribution in [2.75, 3.05) is 0 Å². The lowest BCUT2D eigenvalue weighted by atomic mass is 9.49. The third-order valence-corrected chi connectivity index (χ3v) is 11.1. The molecular formula is C39H35Br. The zero-order chi connectivity index (χ0) is 27.0. The molecule has 0 heterocycles. The summed E-state index contributed by atoms with van der Waals surface area (Å²) in [6.07, 6.45) is 5.46. The molecule has 0 aromatic heterocycles. The fourth-order valence-electron chi connectivity index (χ4n) is 9.26. The second-order valence-electron chi connectivity index (χ2n) is 12.9. The number of rotatable bonds is 2. The third kappa shape index (κ3) is 3.56. The molecule has 2 bridgehead atoms. The van der Waals surface area contributed by atoms with Crippen LogP contribution in [0.15, 0.2) is 108 Å². The van der Waals surface area contributed by atoms with E-state index in [1.807, 2.05) is 0 Å². The first-order chi connectivity index (χ1) is 19.5. The molecule has 1 heteroatoms. The van der Waals surface area contributed by atoms with Crippen LogP contribution in [-0.4, -0.2) is 0 Å². The highest BCUT2D eigenvalue weighted by Crippen LogP contribution is 2.65. The van der Waals surface area contributed by atoms with Crippen molar-refractivity contribution in [1.29, 1.82) is 0 Å². The Labute approximate surface area is 246 Å². The number of benzene rings is 5. The molecular weight excluding hydrogens is 548 g/mol. The monoisotopic (exact) mass is 582 g/mol. The number of halogens is 1. The van der Waals surface area contributed by atoms with E-state index in [1.54, 1.807) is 11.1 Å². The Morgan fingerprint density at radius 3 is 2.17 bits per heavy atom. The van der Waals surface area contributed by atoms with Gasteiger partial charge in [0.05, 0.1) is 0 Å². The van der Waals surface area contributed by atoms with Crippen molar-refractivity contribution in [2.24, 2.45) is 23.7 Å². The van der Waals surface area contributed by atoms with Crippen molar-refractivity contribution in [1.82, 2.24) is 0 Å². The fourth-order valence-corrected chi connectivity index (χ4v) is 9.66. The Kier molecular flexibility index (Phi) is 5.65. The van der Waals surface area contributed by atoms with Crippen molar-refractivity contribution in [2.45, 2.75) is 44.9 Å². The van der Waals surface area contributed by atoms with E-state index in [4.69, 9.17) is 0 Å². The van der Waals surface area contributed by atoms with E-state index in [0.717, 1.165) is 16.3 Å². The van der Waals surface area contributed by atoms with E-state index >= 15 is 0 Å². The Balaban J connectivity index is 1.36. The highest BCUT2D eigenvalue weighted by atomic mass is 79.9. The van der Waals surface area contributed by atoms with Crippen molar-refractivity contribution >= 4 is 26.7 Å². The molecule has 5 atom stereocenters. The van der Waals surface area contributed by atoms with Crippen molar-refractivity contribution in [3.8, 4) is 33.4 Å². The zero-order valence-corrected chi connectivity index (χ0v) is 24.9. The average molecular weight is 584 g/mol. The highest BCUT2D eigenvalue weighted by molar-refractivity contribution is 9.10. The van der Waals surface area contributed by atoms with Gasteiger partial charge >= 0.3 is 0 Å². The second-order valence-corrected chi connectivity index (χ2v) is 13.9. The molecule has 0 saturated heterocycles. The van der Waals surface area contributed by atoms with E-state index in [9.17, 15) is 0 Å². The molecule has 2 fully saturated rings. The fraction of sp³-hybridized carbons (Fsp3) is 0.282. The van der Waals surface area contributed by atoms with Crippen LogP contribution >= 0.6 is 15.9 Å². The van der Waals surface area contributed by atoms with Gasteiger partial charge in [-0.2, -0.15) is 0 Å². The van der Waals surface area contributed by atoms with Crippen LogP contribution in [0.4, 0.5) is 0 Å². The molecule has 40 heavy (non-hydrogen) atoms. The van der Waals surface area contributed by atoms with Crippen LogP contribution in [0.1, 0.15) is 50.7 Å². The van der Waals surface area contributed by atoms with E-state index in [2.05, 4.69) is 133 Å². The molecule has 3 aliphatic rings. The number of fused-ring (bicyclic) bond motifs is 10. The van der Waals surface area contributed by atoms with Crippen molar-refractivity contribution in [3.05, 3.63) is 119 Å². The SMILES string of the molecule is CC1CC2CC(C)C3(c4cc(-c5cccc(-c6cccc(Br)c6)c5)ccc4-c4ccc5ccccc5c43)C(C1)C2. The minimum atomic E-state index is 0.0780. The molecule has 5 aromatic carbocycles. The maximum Gasteiger partial charge on any atom is 0.0275 e. The van der Waals surface area contributed by atoms with E-state index < -0.39 is 0 Å². The van der Waals surface area contributed by atoms with Gasteiger partial charge in [-0.05, 0) is 129 Å². The van der Waals surface area contributed by atoms with Gasteiger partial charge in [0.2, 0.25) is 0 Å². The van der Waals surface area contributed by atoms with Gasteiger partial charge < -0.3 is 0 Å². The second kappa shape index (κ2) is 9.18. The van der Waals surface area contributed by atoms with Crippen LogP contribution in [0.5, 0.6) is 0 Å². The van der Waals surface area contributed by atoms with Gasteiger partial charge in [0, 0.05) is 9.89 Å². The lowest BCUT2D eigenvalue weighted by Gasteiger charge is -2.54. The molecule has 0 nitrogen and oxygen atoms in total. The molecule has 0 radical (unpaired) electrons. The molecule has 1 spiro atoms. The molecule has 5 aromatic rings. The molecule has 0 amide bonds. The summed E-state index contributed by atoms with van der Waals surface area (Å²) in [5.74, 6) is 3.00. The molecule has 2 saturated carbocycles. The minimum absolute atomic E-state index is 0.0780. The minimum Gasteiger partial charge on any atom is -0.0625 e. The smallest absolute Gasteiger partial charge is 0.0275 e. The Bertz CT molecular complexity index is 1780. The quantitative estimate of drug-likeness (QED) is 0.194. The number of hydrogen-bond acceptors (Lipinski definition) is 0. The molecule has 8 rings (SSSR count).